The van der Waals surface area contributed by atoms with Crippen LogP contribution in [0, 0.1) is 0 Å². The Balaban J connectivity index is 2.93. The predicted molar refractivity (Wildman–Crippen MR) is 42.6 cm³/mol. The molecule has 0 aromatic carbocycles. The van der Waals surface area contributed by atoms with Crippen molar-refractivity contribution in [1.29, 1.82) is 0 Å². The first-order valence-electron chi connectivity index (χ1n) is 3.58. The van der Waals surface area contributed by atoms with Gasteiger partial charge in [-0.3, -0.25) is 10.7 Å². The molecular weight excluding hydrogens is 140 g/mol. The fourth-order valence-electron chi connectivity index (χ4n) is 0.823. The summed E-state index contributed by atoms with van der Waals surface area (Å²) in [5, 5.41) is 9.53. The third-order valence-corrected chi connectivity index (χ3v) is 1.70. The molecule has 0 radical (unpaired) electrons. The normalized spacial score (nSPS) is 15.9. The Morgan fingerprint density at radius 3 is 2.91 bits per heavy atom. The predicted octanol–water partition coefficient (Wildman–Crippen LogP) is 0.595. The zero-order chi connectivity index (χ0) is 8.32. The third kappa shape index (κ3) is 1.76. The summed E-state index contributed by atoms with van der Waals surface area (Å²) in [4.78, 5) is 3.86. The van der Waals surface area contributed by atoms with E-state index in [4.69, 9.17) is 5.73 Å². The Bertz CT molecular complexity index is 221. The van der Waals surface area contributed by atoms with Crippen LogP contribution in [-0.4, -0.2) is 10.1 Å². The molecule has 1 rings (SSSR count). The molecule has 1 aromatic rings. The minimum atomic E-state index is -1.23. The molecule has 0 aliphatic carbocycles. The molecule has 1 heterocycles. The Morgan fingerprint density at radius 1 is 1.73 bits per heavy atom. The van der Waals surface area contributed by atoms with Crippen LogP contribution in [0.5, 0.6) is 0 Å². The average molecular weight is 152 g/mol. The SMILES string of the molecule is CCC(N)(O)c1cccnc1. The molecule has 0 aliphatic rings. The fraction of sp³-hybridized carbons (Fsp3) is 0.375. The highest BCUT2D eigenvalue weighted by atomic mass is 16.3. The summed E-state index contributed by atoms with van der Waals surface area (Å²) in [7, 11) is 0. The largest absolute Gasteiger partial charge is 0.372 e. The lowest BCUT2D eigenvalue weighted by Crippen LogP contribution is -2.35. The molecule has 1 aromatic heterocycles. The summed E-state index contributed by atoms with van der Waals surface area (Å²) in [5.74, 6) is 0. The number of nitrogens with two attached hydrogens (primary N) is 1. The Labute approximate surface area is 65.9 Å². The molecule has 0 aliphatic heterocycles. The Morgan fingerprint density at radius 2 is 2.45 bits per heavy atom. The van der Waals surface area contributed by atoms with Gasteiger partial charge in [0.2, 0.25) is 0 Å². The molecule has 3 nitrogen and oxygen atoms in total. The number of rotatable bonds is 2. The highest BCUT2D eigenvalue weighted by Crippen LogP contribution is 2.16. The summed E-state index contributed by atoms with van der Waals surface area (Å²) < 4.78 is 0. The van der Waals surface area contributed by atoms with Gasteiger partial charge in [0.15, 0.2) is 0 Å². The maximum atomic E-state index is 9.53. The Kier molecular flexibility index (Phi) is 2.22. The van der Waals surface area contributed by atoms with Crippen molar-refractivity contribution in [2.24, 2.45) is 5.73 Å². The maximum absolute atomic E-state index is 9.53. The van der Waals surface area contributed by atoms with Gasteiger partial charge in [0.25, 0.3) is 0 Å². The second-order valence-corrected chi connectivity index (χ2v) is 2.52. The highest BCUT2D eigenvalue weighted by molar-refractivity contribution is 5.15. The zero-order valence-electron chi connectivity index (χ0n) is 6.49. The lowest BCUT2D eigenvalue weighted by molar-refractivity contribution is 0.0391. The van der Waals surface area contributed by atoms with E-state index >= 15 is 0 Å². The second-order valence-electron chi connectivity index (χ2n) is 2.52. The maximum Gasteiger partial charge on any atom is 0.140 e. The molecule has 0 saturated carbocycles. The monoisotopic (exact) mass is 152 g/mol. The minimum absolute atomic E-state index is 0.485. The average Bonchev–Trinajstić information content (AvgIpc) is 2.06. The molecular formula is C8H12N2O. The second kappa shape index (κ2) is 2.98. The molecule has 1 unspecified atom stereocenters. The number of pyridine rings is 1. The van der Waals surface area contributed by atoms with Gasteiger partial charge in [-0.25, -0.2) is 0 Å². The highest BCUT2D eigenvalue weighted by Gasteiger charge is 2.20. The van der Waals surface area contributed by atoms with E-state index in [0.717, 1.165) is 0 Å². The van der Waals surface area contributed by atoms with E-state index < -0.39 is 5.72 Å². The van der Waals surface area contributed by atoms with E-state index in [1.165, 1.54) is 0 Å². The number of aliphatic hydroxyl groups is 1. The quantitative estimate of drug-likeness (QED) is 0.610. The van der Waals surface area contributed by atoms with Crippen LogP contribution in [0.4, 0.5) is 0 Å². The topological polar surface area (TPSA) is 59.1 Å². The van der Waals surface area contributed by atoms with Gasteiger partial charge in [0.05, 0.1) is 0 Å². The van der Waals surface area contributed by atoms with Crippen molar-refractivity contribution < 1.29 is 5.11 Å². The molecule has 0 amide bonds. The van der Waals surface area contributed by atoms with E-state index in [1.54, 1.807) is 24.5 Å². The van der Waals surface area contributed by atoms with Crippen LogP contribution in [0.1, 0.15) is 18.9 Å². The van der Waals surface area contributed by atoms with Crippen LogP contribution in [0.25, 0.3) is 0 Å². The molecule has 60 valence electrons. The molecule has 1 atom stereocenters. The summed E-state index contributed by atoms with van der Waals surface area (Å²) in [6.07, 6.45) is 3.71. The standard InChI is InChI=1S/C8H12N2O/c1-2-8(9,11)7-4-3-5-10-6-7/h3-6,11H,2,9H2,1H3. The molecule has 3 N–H and O–H groups in total. The molecule has 3 heteroatoms. The van der Waals surface area contributed by atoms with Gasteiger partial charge in [-0.1, -0.05) is 13.0 Å². The number of hydrogen-bond donors (Lipinski definition) is 2. The Hall–Kier alpha value is -0.930. The zero-order valence-corrected chi connectivity index (χ0v) is 6.49. The van der Waals surface area contributed by atoms with Crippen molar-refractivity contribution in [2.75, 3.05) is 0 Å². The van der Waals surface area contributed by atoms with Gasteiger partial charge in [-0.15, -0.1) is 0 Å². The van der Waals surface area contributed by atoms with E-state index in [9.17, 15) is 5.11 Å². The molecule has 0 spiro atoms. The van der Waals surface area contributed by atoms with Gasteiger partial charge in [-0.05, 0) is 12.5 Å². The van der Waals surface area contributed by atoms with Crippen molar-refractivity contribution in [3.05, 3.63) is 30.1 Å². The van der Waals surface area contributed by atoms with Crippen LogP contribution >= 0.6 is 0 Å². The van der Waals surface area contributed by atoms with Gasteiger partial charge < -0.3 is 5.11 Å². The lowest BCUT2D eigenvalue weighted by Gasteiger charge is -2.20. The number of aromatic nitrogens is 1. The van der Waals surface area contributed by atoms with Gasteiger partial charge in [-0.2, -0.15) is 0 Å². The van der Waals surface area contributed by atoms with Crippen LogP contribution in [-0.2, 0) is 5.72 Å². The molecule has 0 bridgehead atoms. The van der Waals surface area contributed by atoms with Gasteiger partial charge in [0.1, 0.15) is 5.72 Å². The molecule has 0 fully saturated rings. The third-order valence-electron chi connectivity index (χ3n) is 1.70. The minimum Gasteiger partial charge on any atom is -0.372 e. The van der Waals surface area contributed by atoms with Crippen molar-refractivity contribution in [2.45, 2.75) is 19.1 Å². The van der Waals surface area contributed by atoms with Crippen molar-refractivity contribution >= 4 is 0 Å². The van der Waals surface area contributed by atoms with E-state index in [-0.39, 0.29) is 0 Å². The lowest BCUT2D eigenvalue weighted by atomic mass is 10.0. The van der Waals surface area contributed by atoms with Crippen molar-refractivity contribution in [1.82, 2.24) is 4.98 Å². The summed E-state index contributed by atoms with van der Waals surface area (Å²) >= 11 is 0. The van der Waals surface area contributed by atoms with Crippen molar-refractivity contribution in [3.8, 4) is 0 Å². The summed E-state index contributed by atoms with van der Waals surface area (Å²) in [5.41, 5.74) is 4.98. The van der Waals surface area contributed by atoms with Crippen LogP contribution < -0.4 is 5.73 Å². The summed E-state index contributed by atoms with van der Waals surface area (Å²) in [6, 6.07) is 3.51. The van der Waals surface area contributed by atoms with Crippen LogP contribution in [0.3, 0.4) is 0 Å². The number of nitrogens with zero attached hydrogens (tertiary/aromatic N) is 1. The van der Waals surface area contributed by atoms with Gasteiger partial charge >= 0.3 is 0 Å². The molecule has 0 saturated heterocycles. The smallest absolute Gasteiger partial charge is 0.140 e. The fourth-order valence-corrected chi connectivity index (χ4v) is 0.823. The molecule has 11 heavy (non-hydrogen) atoms. The van der Waals surface area contributed by atoms with E-state index in [2.05, 4.69) is 4.98 Å². The first-order chi connectivity index (χ1) is 5.17. The number of hydrogen-bond acceptors (Lipinski definition) is 3. The first kappa shape index (κ1) is 8.17. The van der Waals surface area contributed by atoms with Gasteiger partial charge in [0, 0.05) is 18.0 Å². The van der Waals surface area contributed by atoms with Crippen LogP contribution in [0.15, 0.2) is 24.5 Å². The van der Waals surface area contributed by atoms with Crippen molar-refractivity contribution in [3.63, 3.8) is 0 Å². The van der Waals surface area contributed by atoms with E-state index in [0.29, 0.717) is 12.0 Å². The van der Waals surface area contributed by atoms with Crippen LogP contribution in [0.2, 0.25) is 0 Å². The first-order valence-corrected chi connectivity index (χ1v) is 3.58. The van der Waals surface area contributed by atoms with E-state index in [1.807, 2.05) is 6.92 Å². The summed E-state index contributed by atoms with van der Waals surface area (Å²) in [6.45, 7) is 1.83.